The van der Waals surface area contributed by atoms with Crippen LogP contribution in [0.25, 0.3) is 4.91 Å². The number of aryl methyl sites for hydroxylation is 1. The molecule has 0 atom stereocenters. The van der Waals surface area contributed by atoms with Crippen molar-refractivity contribution in [2.75, 3.05) is 5.32 Å². The largest absolute Gasteiger partial charge is 0.339 e. The van der Waals surface area contributed by atoms with Gasteiger partial charge in [0.15, 0.2) is 0 Å². The minimum Gasteiger partial charge on any atom is -0.339 e. The van der Waals surface area contributed by atoms with Crippen molar-refractivity contribution >= 4 is 26.5 Å². The molecule has 0 amide bonds. The van der Waals surface area contributed by atoms with Crippen LogP contribution in [0.2, 0.25) is 0 Å². The van der Waals surface area contributed by atoms with Crippen molar-refractivity contribution in [2.24, 2.45) is 4.40 Å². The fraction of sp³-hybridized carbons (Fsp3) is 0.167. The molecular formula is C18H17FN2O2S. The summed E-state index contributed by atoms with van der Waals surface area (Å²) >= 11 is 0. The Bertz CT molecular complexity index is 928. The van der Waals surface area contributed by atoms with Gasteiger partial charge >= 0.3 is 0 Å². The maximum Gasteiger partial charge on any atom is 0.285 e. The van der Waals surface area contributed by atoms with Crippen molar-refractivity contribution in [3.8, 4) is 0 Å². The molecule has 0 saturated heterocycles. The Hall–Kier alpha value is -2.47. The predicted molar refractivity (Wildman–Crippen MR) is 94.8 cm³/mol. The standard InChI is InChI=1S/C18H17FN2O2S/c1-3-13-4-10-16(11-5-13)20-18-12(2)17(24(22,23)21-18)14-6-8-15(19)9-7-14/h4-11H,3H2,1-2H3,(H,20,21). The van der Waals surface area contributed by atoms with Crippen LogP contribution in [-0.2, 0) is 16.4 Å². The number of halogens is 1. The van der Waals surface area contributed by atoms with Gasteiger partial charge in [-0.05, 0) is 48.7 Å². The van der Waals surface area contributed by atoms with Crippen LogP contribution in [-0.4, -0.2) is 14.3 Å². The first-order chi connectivity index (χ1) is 11.4. The number of benzene rings is 2. The van der Waals surface area contributed by atoms with E-state index in [2.05, 4.69) is 16.6 Å². The van der Waals surface area contributed by atoms with E-state index in [-0.39, 0.29) is 4.91 Å². The number of hydrogen-bond donors (Lipinski definition) is 1. The van der Waals surface area contributed by atoms with E-state index in [1.54, 1.807) is 6.92 Å². The lowest BCUT2D eigenvalue weighted by molar-refractivity contribution is 0.608. The van der Waals surface area contributed by atoms with Crippen LogP contribution in [0.5, 0.6) is 0 Å². The zero-order valence-electron chi connectivity index (χ0n) is 13.4. The summed E-state index contributed by atoms with van der Waals surface area (Å²) in [5.74, 6) is -0.124. The second-order valence-corrected chi connectivity index (χ2v) is 7.09. The summed E-state index contributed by atoms with van der Waals surface area (Å²) in [4.78, 5) is 0.107. The highest BCUT2D eigenvalue weighted by Gasteiger charge is 2.31. The molecule has 0 bridgehead atoms. The van der Waals surface area contributed by atoms with E-state index in [4.69, 9.17) is 0 Å². The Morgan fingerprint density at radius 1 is 1.04 bits per heavy atom. The smallest absolute Gasteiger partial charge is 0.285 e. The average Bonchev–Trinajstić information content (AvgIpc) is 2.78. The second-order valence-electron chi connectivity index (χ2n) is 5.55. The predicted octanol–water partition coefficient (Wildman–Crippen LogP) is 3.97. The zero-order chi connectivity index (χ0) is 17.3. The molecule has 0 saturated carbocycles. The highest BCUT2D eigenvalue weighted by molar-refractivity contribution is 8.00. The Balaban J connectivity index is 1.95. The van der Waals surface area contributed by atoms with E-state index >= 15 is 0 Å². The molecule has 24 heavy (non-hydrogen) atoms. The van der Waals surface area contributed by atoms with Crippen LogP contribution in [0.3, 0.4) is 0 Å². The summed E-state index contributed by atoms with van der Waals surface area (Å²) in [5, 5.41) is 3.05. The van der Waals surface area contributed by atoms with Gasteiger partial charge in [0.1, 0.15) is 16.6 Å². The summed E-state index contributed by atoms with van der Waals surface area (Å²) < 4.78 is 41.7. The molecule has 4 nitrogen and oxygen atoms in total. The summed E-state index contributed by atoms with van der Waals surface area (Å²) in [5.41, 5.74) is 2.90. The van der Waals surface area contributed by atoms with E-state index in [9.17, 15) is 12.8 Å². The van der Waals surface area contributed by atoms with Gasteiger partial charge < -0.3 is 5.32 Å². The molecule has 2 aromatic rings. The lowest BCUT2D eigenvalue weighted by Gasteiger charge is -2.08. The molecule has 1 aliphatic rings. The van der Waals surface area contributed by atoms with Crippen molar-refractivity contribution in [3.05, 3.63) is 71.0 Å². The monoisotopic (exact) mass is 344 g/mol. The van der Waals surface area contributed by atoms with Gasteiger partial charge in [0.2, 0.25) is 0 Å². The fourth-order valence-electron chi connectivity index (χ4n) is 2.58. The first-order valence-corrected chi connectivity index (χ1v) is 9.03. The van der Waals surface area contributed by atoms with E-state index in [0.717, 1.165) is 12.1 Å². The third kappa shape index (κ3) is 3.10. The molecule has 1 heterocycles. The van der Waals surface area contributed by atoms with E-state index < -0.39 is 15.8 Å². The molecule has 3 rings (SSSR count). The first-order valence-electron chi connectivity index (χ1n) is 7.59. The maximum atomic E-state index is 13.1. The van der Waals surface area contributed by atoms with Gasteiger partial charge in [-0.2, -0.15) is 8.42 Å². The lowest BCUT2D eigenvalue weighted by atomic mass is 10.1. The Kier molecular flexibility index (Phi) is 4.24. The fourth-order valence-corrected chi connectivity index (χ4v) is 4.01. The summed E-state index contributed by atoms with van der Waals surface area (Å²) in [6.45, 7) is 3.76. The average molecular weight is 344 g/mol. The van der Waals surface area contributed by atoms with Crippen molar-refractivity contribution in [1.29, 1.82) is 0 Å². The maximum absolute atomic E-state index is 13.1. The summed E-state index contributed by atoms with van der Waals surface area (Å²) in [6, 6.07) is 13.1. The van der Waals surface area contributed by atoms with Gasteiger partial charge in [0.05, 0.1) is 0 Å². The number of rotatable bonds is 3. The van der Waals surface area contributed by atoms with Crippen LogP contribution in [0.1, 0.15) is 25.0 Å². The van der Waals surface area contributed by atoms with Crippen molar-refractivity contribution in [2.45, 2.75) is 20.3 Å². The molecule has 0 radical (unpaired) electrons. The lowest BCUT2D eigenvalue weighted by Crippen LogP contribution is -2.11. The second kappa shape index (κ2) is 6.20. The van der Waals surface area contributed by atoms with E-state index in [1.165, 1.54) is 29.8 Å². The van der Waals surface area contributed by atoms with E-state index in [0.29, 0.717) is 17.0 Å². The molecule has 1 aliphatic heterocycles. The van der Waals surface area contributed by atoms with Crippen LogP contribution in [0.15, 0.2) is 58.5 Å². The number of amidine groups is 1. The Morgan fingerprint density at radius 3 is 2.25 bits per heavy atom. The van der Waals surface area contributed by atoms with Crippen LogP contribution in [0, 0.1) is 5.82 Å². The van der Waals surface area contributed by atoms with Gasteiger partial charge in [-0.15, -0.1) is 4.40 Å². The van der Waals surface area contributed by atoms with E-state index in [1.807, 2.05) is 24.3 Å². The van der Waals surface area contributed by atoms with Crippen LogP contribution >= 0.6 is 0 Å². The highest BCUT2D eigenvalue weighted by Crippen LogP contribution is 2.33. The van der Waals surface area contributed by atoms with Gasteiger partial charge in [-0.1, -0.05) is 31.2 Å². The SMILES string of the molecule is CCc1ccc(NC2=NS(=O)(=O)C(c3ccc(F)cc3)=C2C)cc1. The minimum absolute atomic E-state index is 0.107. The molecular weight excluding hydrogens is 327 g/mol. The van der Waals surface area contributed by atoms with Crippen molar-refractivity contribution in [1.82, 2.24) is 0 Å². The molecule has 124 valence electrons. The normalized spacial score (nSPS) is 16.2. The third-order valence-corrected chi connectivity index (χ3v) is 5.38. The summed E-state index contributed by atoms with van der Waals surface area (Å²) in [6.07, 6.45) is 0.934. The molecule has 0 aromatic heterocycles. The number of nitrogens with zero attached hydrogens (tertiary/aromatic N) is 1. The van der Waals surface area contributed by atoms with Crippen LogP contribution < -0.4 is 5.32 Å². The minimum atomic E-state index is -3.80. The molecule has 1 N–H and O–H groups in total. The number of hydrogen-bond acceptors (Lipinski definition) is 3. The van der Waals surface area contributed by atoms with Crippen LogP contribution in [0.4, 0.5) is 10.1 Å². The highest BCUT2D eigenvalue weighted by atomic mass is 32.2. The van der Waals surface area contributed by atoms with Gasteiger partial charge in [-0.25, -0.2) is 4.39 Å². The molecule has 0 fully saturated rings. The van der Waals surface area contributed by atoms with Crippen molar-refractivity contribution in [3.63, 3.8) is 0 Å². The zero-order valence-corrected chi connectivity index (χ0v) is 14.2. The van der Waals surface area contributed by atoms with Gasteiger partial charge in [0, 0.05) is 11.3 Å². The number of sulfonamides is 1. The number of anilines is 1. The Labute approximate surface area is 140 Å². The molecule has 6 heteroatoms. The molecule has 0 aliphatic carbocycles. The van der Waals surface area contributed by atoms with Gasteiger partial charge in [0.25, 0.3) is 10.0 Å². The van der Waals surface area contributed by atoms with Gasteiger partial charge in [-0.3, -0.25) is 0 Å². The summed E-state index contributed by atoms with van der Waals surface area (Å²) in [7, 11) is -3.80. The molecule has 2 aromatic carbocycles. The topological polar surface area (TPSA) is 58.5 Å². The Morgan fingerprint density at radius 2 is 1.67 bits per heavy atom. The third-order valence-electron chi connectivity index (χ3n) is 3.90. The molecule has 0 unspecified atom stereocenters. The van der Waals surface area contributed by atoms with Crippen molar-refractivity contribution < 1.29 is 12.8 Å². The molecule has 0 spiro atoms. The number of nitrogens with one attached hydrogen (secondary N) is 1. The quantitative estimate of drug-likeness (QED) is 0.916. The first kappa shape index (κ1) is 16.4.